The molecular weight excluding hydrogens is 309 g/mol. The second kappa shape index (κ2) is 5.59. The smallest absolute Gasteiger partial charge is 0.263 e. The van der Waals surface area contributed by atoms with Crippen LogP contribution in [-0.2, 0) is 10.0 Å². The van der Waals surface area contributed by atoms with Crippen LogP contribution in [0.15, 0.2) is 35.4 Å². The number of nitrogens with one attached hydrogen (secondary N) is 1. The maximum atomic E-state index is 13.5. The molecule has 1 heterocycles. The van der Waals surface area contributed by atoms with E-state index in [1.54, 1.807) is 0 Å². The number of methoxy groups -OCH3 is 1. The van der Waals surface area contributed by atoms with E-state index < -0.39 is 15.8 Å². The third kappa shape index (κ3) is 3.14. The van der Waals surface area contributed by atoms with Crippen molar-refractivity contribution in [3.63, 3.8) is 0 Å². The van der Waals surface area contributed by atoms with Crippen LogP contribution in [0.25, 0.3) is 0 Å². The zero-order valence-electron chi connectivity index (χ0n) is 10.2. The van der Waals surface area contributed by atoms with Gasteiger partial charge in [0.2, 0.25) is 5.28 Å². The second-order valence-corrected chi connectivity index (χ2v) is 5.63. The van der Waals surface area contributed by atoms with Crippen LogP contribution < -0.4 is 9.46 Å². The molecule has 0 saturated heterocycles. The number of halogens is 2. The average molecular weight is 318 g/mol. The van der Waals surface area contributed by atoms with Crippen molar-refractivity contribution in [2.75, 3.05) is 11.8 Å². The molecule has 0 aliphatic rings. The molecule has 1 N–H and O–H groups in total. The summed E-state index contributed by atoms with van der Waals surface area (Å²) in [5.74, 6) is -0.841. The zero-order chi connectivity index (χ0) is 14.8. The number of aromatic nitrogens is 2. The lowest BCUT2D eigenvalue weighted by Crippen LogP contribution is -2.14. The lowest BCUT2D eigenvalue weighted by atomic mass is 10.3. The first-order valence-electron chi connectivity index (χ1n) is 5.27. The standard InChI is InChI=1S/C11H9ClFN3O3S/c1-19-9-3-2-7(6-8(9)13)20(17,18)16-10-4-5-14-11(12)15-10/h2-6H,1H3,(H,14,15,16). The van der Waals surface area contributed by atoms with Crippen molar-refractivity contribution in [3.05, 3.63) is 41.6 Å². The summed E-state index contributed by atoms with van der Waals surface area (Å²) in [7, 11) is -2.69. The maximum Gasteiger partial charge on any atom is 0.263 e. The molecule has 0 saturated carbocycles. The summed E-state index contributed by atoms with van der Waals surface area (Å²) >= 11 is 5.55. The summed E-state index contributed by atoms with van der Waals surface area (Å²) in [6.07, 6.45) is 1.29. The van der Waals surface area contributed by atoms with Gasteiger partial charge in [-0.3, -0.25) is 4.72 Å². The number of rotatable bonds is 4. The van der Waals surface area contributed by atoms with Crippen molar-refractivity contribution in [2.45, 2.75) is 4.90 Å². The van der Waals surface area contributed by atoms with E-state index in [0.29, 0.717) is 0 Å². The van der Waals surface area contributed by atoms with Gasteiger partial charge in [0.15, 0.2) is 11.6 Å². The number of benzene rings is 1. The van der Waals surface area contributed by atoms with Crippen molar-refractivity contribution < 1.29 is 17.5 Å². The number of ether oxygens (including phenoxy) is 1. The lowest BCUT2D eigenvalue weighted by Gasteiger charge is -2.08. The predicted molar refractivity (Wildman–Crippen MR) is 70.8 cm³/mol. The maximum absolute atomic E-state index is 13.5. The van der Waals surface area contributed by atoms with Crippen LogP contribution in [0.1, 0.15) is 0 Å². The third-order valence-corrected chi connectivity index (χ3v) is 3.83. The van der Waals surface area contributed by atoms with E-state index in [2.05, 4.69) is 14.7 Å². The molecule has 0 aliphatic heterocycles. The fraction of sp³-hybridized carbons (Fsp3) is 0.0909. The Kier molecular flexibility index (Phi) is 4.05. The molecule has 0 spiro atoms. The Balaban J connectivity index is 2.33. The summed E-state index contributed by atoms with van der Waals surface area (Å²) in [4.78, 5) is 7.05. The first-order chi connectivity index (χ1) is 9.42. The van der Waals surface area contributed by atoms with Crippen molar-refractivity contribution in [2.24, 2.45) is 0 Å². The molecule has 2 aromatic rings. The molecular formula is C11H9ClFN3O3S. The van der Waals surface area contributed by atoms with Crippen LogP contribution in [0.5, 0.6) is 5.75 Å². The van der Waals surface area contributed by atoms with Crippen molar-refractivity contribution in [1.29, 1.82) is 0 Å². The van der Waals surface area contributed by atoms with E-state index in [4.69, 9.17) is 16.3 Å². The van der Waals surface area contributed by atoms with Gasteiger partial charge in [-0.1, -0.05) is 0 Å². The molecule has 1 aromatic carbocycles. The fourth-order valence-corrected chi connectivity index (χ4v) is 2.56. The molecule has 9 heteroatoms. The van der Waals surface area contributed by atoms with Gasteiger partial charge < -0.3 is 4.74 Å². The predicted octanol–water partition coefficient (Wildman–Crippen LogP) is 2.08. The fourth-order valence-electron chi connectivity index (χ4n) is 1.40. The Morgan fingerprint density at radius 2 is 2.10 bits per heavy atom. The topological polar surface area (TPSA) is 81.2 Å². The molecule has 6 nitrogen and oxygen atoms in total. The van der Waals surface area contributed by atoms with Crippen LogP contribution in [0.2, 0.25) is 5.28 Å². The zero-order valence-corrected chi connectivity index (χ0v) is 11.7. The molecule has 0 atom stereocenters. The van der Waals surface area contributed by atoms with Gasteiger partial charge in [-0.25, -0.2) is 17.8 Å². The van der Waals surface area contributed by atoms with Gasteiger partial charge in [-0.05, 0) is 35.9 Å². The minimum atomic E-state index is -3.97. The summed E-state index contributed by atoms with van der Waals surface area (Å²) < 4.78 is 44.5. The number of sulfonamides is 1. The Bertz CT molecular complexity index is 739. The Morgan fingerprint density at radius 3 is 2.70 bits per heavy atom. The Labute approximate surface area is 119 Å². The quantitative estimate of drug-likeness (QED) is 0.873. The molecule has 0 amide bonds. The highest BCUT2D eigenvalue weighted by atomic mass is 35.5. The largest absolute Gasteiger partial charge is 0.494 e. The van der Waals surface area contributed by atoms with Crippen LogP contribution in [0, 0.1) is 5.82 Å². The molecule has 0 fully saturated rings. The molecule has 0 bridgehead atoms. The molecule has 0 aliphatic carbocycles. The van der Waals surface area contributed by atoms with E-state index in [9.17, 15) is 12.8 Å². The van der Waals surface area contributed by atoms with Gasteiger partial charge >= 0.3 is 0 Å². The van der Waals surface area contributed by atoms with Gasteiger partial charge in [0.05, 0.1) is 12.0 Å². The SMILES string of the molecule is COc1ccc(S(=O)(=O)Nc2ccnc(Cl)n2)cc1F. The monoisotopic (exact) mass is 317 g/mol. The molecule has 0 radical (unpaired) electrons. The number of nitrogens with zero attached hydrogens (tertiary/aromatic N) is 2. The van der Waals surface area contributed by atoms with Crippen molar-refractivity contribution >= 4 is 27.4 Å². The highest BCUT2D eigenvalue weighted by molar-refractivity contribution is 7.92. The minimum Gasteiger partial charge on any atom is -0.494 e. The molecule has 0 unspecified atom stereocenters. The van der Waals surface area contributed by atoms with E-state index >= 15 is 0 Å². The summed E-state index contributed by atoms with van der Waals surface area (Å²) in [5.41, 5.74) is 0. The second-order valence-electron chi connectivity index (χ2n) is 3.61. The summed E-state index contributed by atoms with van der Waals surface area (Å²) in [5, 5.41) is -0.105. The average Bonchev–Trinajstić information content (AvgIpc) is 2.38. The molecule has 2 rings (SSSR count). The van der Waals surface area contributed by atoms with Crippen LogP contribution >= 0.6 is 11.6 Å². The summed E-state index contributed by atoms with van der Waals surface area (Å²) in [6.45, 7) is 0. The molecule has 1 aromatic heterocycles. The highest BCUT2D eigenvalue weighted by Crippen LogP contribution is 2.22. The van der Waals surface area contributed by atoms with Crippen LogP contribution in [0.3, 0.4) is 0 Å². The van der Waals surface area contributed by atoms with E-state index in [1.807, 2.05) is 0 Å². The van der Waals surface area contributed by atoms with Crippen LogP contribution in [-0.4, -0.2) is 25.5 Å². The van der Waals surface area contributed by atoms with Gasteiger partial charge in [0.1, 0.15) is 5.82 Å². The van der Waals surface area contributed by atoms with Gasteiger partial charge in [-0.15, -0.1) is 0 Å². The van der Waals surface area contributed by atoms with E-state index in [1.165, 1.54) is 31.5 Å². The van der Waals surface area contributed by atoms with Gasteiger partial charge in [0.25, 0.3) is 10.0 Å². The van der Waals surface area contributed by atoms with Gasteiger partial charge in [-0.2, -0.15) is 4.98 Å². The van der Waals surface area contributed by atoms with Crippen LogP contribution in [0.4, 0.5) is 10.2 Å². The highest BCUT2D eigenvalue weighted by Gasteiger charge is 2.17. The molecule has 20 heavy (non-hydrogen) atoms. The minimum absolute atomic E-state index is 0.0128. The number of hydrogen-bond donors (Lipinski definition) is 1. The number of hydrogen-bond acceptors (Lipinski definition) is 5. The summed E-state index contributed by atoms with van der Waals surface area (Å²) in [6, 6.07) is 4.61. The van der Waals surface area contributed by atoms with Crippen molar-refractivity contribution in [3.8, 4) is 5.75 Å². The van der Waals surface area contributed by atoms with E-state index in [-0.39, 0.29) is 21.7 Å². The van der Waals surface area contributed by atoms with Crippen molar-refractivity contribution in [1.82, 2.24) is 9.97 Å². The Hall–Kier alpha value is -1.93. The first kappa shape index (κ1) is 14.5. The number of anilines is 1. The molecule has 106 valence electrons. The van der Waals surface area contributed by atoms with Gasteiger partial charge in [0, 0.05) is 6.20 Å². The first-order valence-corrected chi connectivity index (χ1v) is 7.13. The Morgan fingerprint density at radius 1 is 1.35 bits per heavy atom. The third-order valence-electron chi connectivity index (χ3n) is 2.30. The normalized spacial score (nSPS) is 11.2. The van der Waals surface area contributed by atoms with E-state index in [0.717, 1.165) is 6.07 Å². The lowest BCUT2D eigenvalue weighted by molar-refractivity contribution is 0.385.